The lowest BCUT2D eigenvalue weighted by molar-refractivity contribution is -0.122. The van der Waals surface area contributed by atoms with Crippen molar-refractivity contribution in [2.75, 3.05) is 0 Å². The first-order valence-corrected chi connectivity index (χ1v) is 11.5. The summed E-state index contributed by atoms with van der Waals surface area (Å²) >= 11 is 7.48. The molecule has 30 heavy (non-hydrogen) atoms. The first kappa shape index (κ1) is 20.9. The molecule has 8 heteroatoms. The van der Waals surface area contributed by atoms with Gasteiger partial charge in [-0.25, -0.2) is 9.36 Å². The van der Waals surface area contributed by atoms with Crippen LogP contribution in [0, 0.1) is 0 Å². The largest absolute Gasteiger partial charge is 0.352 e. The van der Waals surface area contributed by atoms with E-state index < -0.39 is 11.2 Å². The lowest BCUT2D eigenvalue weighted by Crippen LogP contribution is -2.43. The predicted octanol–water partition coefficient (Wildman–Crippen LogP) is 3.88. The molecule has 6 nitrogen and oxygen atoms in total. The highest BCUT2D eigenvalue weighted by Crippen LogP contribution is 2.24. The summed E-state index contributed by atoms with van der Waals surface area (Å²) in [6.45, 7) is 1.88. The number of amides is 1. The second kappa shape index (κ2) is 8.78. The normalized spacial score (nSPS) is 14.9. The van der Waals surface area contributed by atoms with Gasteiger partial charge in [-0.3, -0.25) is 14.2 Å². The fraction of sp³-hybridized carbons (Fsp3) is 0.409. The Bertz CT molecular complexity index is 1200. The summed E-state index contributed by atoms with van der Waals surface area (Å²) in [4.78, 5) is 40.8. The molecule has 1 amide bonds. The molecule has 0 bridgehead atoms. The van der Waals surface area contributed by atoms with Gasteiger partial charge in [0.1, 0.15) is 11.4 Å². The number of fused-ring (bicyclic) bond motifs is 1. The number of benzene rings is 1. The SMILES string of the molecule is CCc1cc2c(=O)n(-c3cccc(Cl)c3)c(=O)n(CC(=O)NC3CCCCC3)c2s1. The third-order valence-corrected chi connectivity index (χ3v) is 7.09. The van der Waals surface area contributed by atoms with Gasteiger partial charge < -0.3 is 5.32 Å². The third kappa shape index (κ3) is 4.09. The van der Waals surface area contributed by atoms with Gasteiger partial charge in [-0.2, -0.15) is 0 Å². The molecule has 0 saturated heterocycles. The molecule has 1 aliphatic carbocycles. The number of nitrogens with zero attached hydrogens (tertiary/aromatic N) is 2. The topological polar surface area (TPSA) is 73.1 Å². The monoisotopic (exact) mass is 445 g/mol. The Kier molecular flexibility index (Phi) is 6.11. The molecule has 1 aromatic carbocycles. The Hall–Kier alpha value is -2.38. The van der Waals surface area contributed by atoms with Crippen molar-refractivity contribution < 1.29 is 4.79 Å². The van der Waals surface area contributed by atoms with Gasteiger partial charge in [-0.05, 0) is 43.5 Å². The number of nitrogens with one attached hydrogen (secondary N) is 1. The Morgan fingerprint density at radius 1 is 1.20 bits per heavy atom. The quantitative estimate of drug-likeness (QED) is 0.647. The molecule has 1 aliphatic rings. The van der Waals surface area contributed by atoms with Gasteiger partial charge in [-0.1, -0.05) is 43.9 Å². The number of thiophene rings is 1. The number of hydrogen-bond acceptors (Lipinski definition) is 4. The fourth-order valence-corrected chi connectivity index (χ4v) is 5.28. The lowest BCUT2D eigenvalue weighted by Gasteiger charge is -2.23. The van der Waals surface area contributed by atoms with Crippen LogP contribution in [-0.2, 0) is 17.8 Å². The zero-order valence-electron chi connectivity index (χ0n) is 16.8. The van der Waals surface area contributed by atoms with E-state index in [9.17, 15) is 14.4 Å². The van der Waals surface area contributed by atoms with Gasteiger partial charge >= 0.3 is 5.69 Å². The van der Waals surface area contributed by atoms with Crippen molar-refractivity contribution in [2.24, 2.45) is 0 Å². The molecule has 0 radical (unpaired) electrons. The minimum atomic E-state index is -0.530. The lowest BCUT2D eigenvalue weighted by atomic mass is 9.95. The van der Waals surface area contributed by atoms with E-state index in [4.69, 9.17) is 11.6 Å². The molecule has 2 aromatic heterocycles. The Labute approximate surface area is 183 Å². The zero-order valence-corrected chi connectivity index (χ0v) is 18.4. The van der Waals surface area contributed by atoms with E-state index in [0.717, 1.165) is 41.5 Å². The maximum atomic E-state index is 13.4. The average molecular weight is 446 g/mol. The molecule has 0 spiro atoms. The molecule has 1 fully saturated rings. The van der Waals surface area contributed by atoms with E-state index in [2.05, 4.69) is 5.32 Å². The third-order valence-electron chi connectivity index (χ3n) is 5.55. The van der Waals surface area contributed by atoms with E-state index >= 15 is 0 Å². The van der Waals surface area contributed by atoms with Crippen molar-refractivity contribution in [2.45, 2.75) is 58.0 Å². The van der Waals surface area contributed by atoms with Crippen LogP contribution in [0.2, 0.25) is 5.02 Å². The Morgan fingerprint density at radius 3 is 2.67 bits per heavy atom. The number of carbonyl (C=O) groups excluding carboxylic acids is 1. The van der Waals surface area contributed by atoms with Gasteiger partial charge in [-0.15, -0.1) is 11.3 Å². The Balaban J connectivity index is 1.81. The molecule has 4 rings (SSSR count). The number of halogens is 1. The van der Waals surface area contributed by atoms with Crippen molar-refractivity contribution in [1.29, 1.82) is 0 Å². The molecular weight excluding hydrogens is 422 g/mol. The molecule has 158 valence electrons. The smallest absolute Gasteiger partial charge is 0.337 e. The van der Waals surface area contributed by atoms with Crippen LogP contribution in [0.3, 0.4) is 0 Å². The molecule has 0 unspecified atom stereocenters. The molecule has 3 aromatic rings. The van der Waals surface area contributed by atoms with Crippen LogP contribution in [0.15, 0.2) is 39.9 Å². The van der Waals surface area contributed by atoms with Crippen LogP contribution in [0.1, 0.15) is 43.9 Å². The maximum absolute atomic E-state index is 13.4. The van der Waals surface area contributed by atoms with Crippen LogP contribution >= 0.6 is 22.9 Å². The number of hydrogen-bond donors (Lipinski definition) is 1. The predicted molar refractivity (Wildman–Crippen MR) is 121 cm³/mol. The highest BCUT2D eigenvalue weighted by molar-refractivity contribution is 7.18. The van der Waals surface area contributed by atoms with Crippen LogP contribution in [0.4, 0.5) is 0 Å². The second-order valence-electron chi connectivity index (χ2n) is 7.68. The minimum Gasteiger partial charge on any atom is -0.352 e. The van der Waals surface area contributed by atoms with Gasteiger partial charge in [0, 0.05) is 15.9 Å². The summed E-state index contributed by atoms with van der Waals surface area (Å²) in [5.74, 6) is -0.201. The van der Waals surface area contributed by atoms with Gasteiger partial charge in [0.2, 0.25) is 5.91 Å². The van der Waals surface area contributed by atoms with Crippen molar-refractivity contribution >= 4 is 39.1 Å². The first-order chi connectivity index (χ1) is 14.5. The van der Waals surface area contributed by atoms with Crippen LogP contribution < -0.4 is 16.6 Å². The van der Waals surface area contributed by atoms with E-state index in [1.807, 2.05) is 13.0 Å². The summed E-state index contributed by atoms with van der Waals surface area (Å²) in [5.41, 5.74) is -0.527. The van der Waals surface area contributed by atoms with Crippen LogP contribution in [0.25, 0.3) is 15.9 Å². The molecule has 0 aliphatic heterocycles. The molecule has 0 atom stereocenters. The zero-order chi connectivity index (χ0) is 21.3. The van der Waals surface area contributed by atoms with Crippen molar-refractivity contribution in [3.8, 4) is 5.69 Å². The van der Waals surface area contributed by atoms with E-state index in [-0.39, 0.29) is 18.5 Å². The summed E-state index contributed by atoms with van der Waals surface area (Å²) in [6.07, 6.45) is 6.11. The summed E-state index contributed by atoms with van der Waals surface area (Å²) in [6, 6.07) is 8.60. The highest BCUT2D eigenvalue weighted by atomic mass is 35.5. The summed E-state index contributed by atoms with van der Waals surface area (Å²) in [7, 11) is 0. The summed E-state index contributed by atoms with van der Waals surface area (Å²) < 4.78 is 2.52. The number of aromatic nitrogens is 2. The second-order valence-corrected chi connectivity index (χ2v) is 9.23. The first-order valence-electron chi connectivity index (χ1n) is 10.3. The van der Waals surface area contributed by atoms with Crippen LogP contribution in [-0.4, -0.2) is 21.1 Å². The maximum Gasteiger partial charge on any atom is 0.337 e. The minimum absolute atomic E-state index is 0.115. The van der Waals surface area contributed by atoms with Gasteiger partial charge in [0.15, 0.2) is 0 Å². The van der Waals surface area contributed by atoms with E-state index in [0.29, 0.717) is 20.9 Å². The van der Waals surface area contributed by atoms with Crippen molar-refractivity contribution in [1.82, 2.24) is 14.5 Å². The molecular formula is C22H24ClN3O3S. The standard InChI is InChI=1S/C22H24ClN3O3S/c1-2-17-12-18-20(28)26(16-10-6-7-14(23)11-16)22(29)25(21(18)30-17)13-19(27)24-15-8-4-3-5-9-15/h6-7,10-12,15H,2-5,8-9,13H2,1H3,(H,24,27). The molecule has 2 heterocycles. The Morgan fingerprint density at radius 2 is 1.97 bits per heavy atom. The van der Waals surface area contributed by atoms with E-state index in [1.54, 1.807) is 24.3 Å². The van der Waals surface area contributed by atoms with Crippen LogP contribution in [0.5, 0.6) is 0 Å². The summed E-state index contributed by atoms with van der Waals surface area (Å²) in [5, 5.41) is 3.94. The number of rotatable bonds is 5. The molecule has 1 saturated carbocycles. The van der Waals surface area contributed by atoms with Gasteiger partial charge in [0.05, 0.1) is 11.1 Å². The van der Waals surface area contributed by atoms with E-state index in [1.165, 1.54) is 22.3 Å². The number of aryl methyl sites for hydroxylation is 1. The number of carbonyl (C=O) groups is 1. The van der Waals surface area contributed by atoms with Crippen molar-refractivity contribution in [3.05, 3.63) is 61.1 Å². The average Bonchev–Trinajstić information content (AvgIpc) is 3.17. The van der Waals surface area contributed by atoms with Crippen molar-refractivity contribution in [3.63, 3.8) is 0 Å². The molecule has 1 N–H and O–H groups in total. The highest BCUT2D eigenvalue weighted by Gasteiger charge is 2.21. The fourth-order valence-electron chi connectivity index (χ4n) is 4.02. The van der Waals surface area contributed by atoms with Gasteiger partial charge in [0.25, 0.3) is 5.56 Å².